The number of aromatic nitrogens is 3. The summed E-state index contributed by atoms with van der Waals surface area (Å²) in [4.78, 5) is 18.2. The summed E-state index contributed by atoms with van der Waals surface area (Å²) in [5.41, 5.74) is 1.33. The number of likely N-dealkylation sites (tertiary alicyclic amines) is 1. The van der Waals surface area contributed by atoms with Crippen LogP contribution in [0.2, 0.25) is 0 Å². The monoisotopic (exact) mass is 328 g/mol. The molecule has 0 bridgehead atoms. The van der Waals surface area contributed by atoms with Crippen LogP contribution in [0.15, 0.2) is 36.8 Å². The van der Waals surface area contributed by atoms with Gasteiger partial charge in [-0.25, -0.2) is 0 Å². The fourth-order valence-corrected chi connectivity index (χ4v) is 3.38. The van der Waals surface area contributed by atoms with Crippen LogP contribution in [-0.2, 0) is 16.1 Å². The predicted octanol–water partition coefficient (Wildman–Crippen LogP) is 1.40. The van der Waals surface area contributed by atoms with Crippen molar-refractivity contribution in [3.8, 4) is 0 Å². The summed E-state index contributed by atoms with van der Waals surface area (Å²) in [5, 5.41) is 6.54. The summed E-state index contributed by atoms with van der Waals surface area (Å²) in [7, 11) is 0. The Morgan fingerprint density at radius 3 is 3.08 bits per heavy atom. The zero-order valence-electron chi connectivity index (χ0n) is 13.4. The number of H-pyrrole nitrogens is 1. The SMILES string of the molecule is O=C(c1ccn[nH]1)N1CC2(C[C@@H](OCc3cccnc3)CCO2)C1. The van der Waals surface area contributed by atoms with Crippen LogP contribution in [0.5, 0.6) is 0 Å². The second kappa shape index (κ2) is 6.33. The van der Waals surface area contributed by atoms with Gasteiger partial charge in [0.05, 0.1) is 25.8 Å². The third-order valence-electron chi connectivity index (χ3n) is 4.63. The maximum Gasteiger partial charge on any atom is 0.272 e. The molecule has 0 saturated carbocycles. The molecule has 0 aromatic carbocycles. The lowest BCUT2D eigenvalue weighted by atomic mass is 9.84. The van der Waals surface area contributed by atoms with E-state index in [4.69, 9.17) is 9.47 Å². The first-order valence-corrected chi connectivity index (χ1v) is 8.17. The Balaban J connectivity index is 1.30. The quantitative estimate of drug-likeness (QED) is 0.917. The fourth-order valence-electron chi connectivity index (χ4n) is 3.38. The topological polar surface area (TPSA) is 80.3 Å². The first-order chi connectivity index (χ1) is 11.7. The summed E-state index contributed by atoms with van der Waals surface area (Å²) in [6.45, 7) is 2.45. The van der Waals surface area contributed by atoms with Gasteiger partial charge in [0.2, 0.25) is 0 Å². The lowest BCUT2D eigenvalue weighted by molar-refractivity contribution is -0.188. The molecule has 2 aromatic heterocycles. The second-order valence-corrected chi connectivity index (χ2v) is 6.45. The fraction of sp³-hybridized carbons (Fsp3) is 0.471. The average Bonchev–Trinajstić information content (AvgIpc) is 3.13. The molecule has 0 radical (unpaired) electrons. The van der Waals surface area contributed by atoms with Crippen LogP contribution >= 0.6 is 0 Å². The van der Waals surface area contributed by atoms with E-state index in [1.807, 2.05) is 18.3 Å². The molecular formula is C17H20N4O3. The van der Waals surface area contributed by atoms with Crippen LogP contribution in [0, 0.1) is 0 Å². The molecule has 2 aromatic rings. The summed E-state index contributed by atoms with van der Waals surface area (Å²) in [6.07, 6.45) is 7.03. The molecule has 7 heteroatoms. The zero-order valence-corrected chi connectivity index (χ0v) is 13.4. The molecule has 4 heterocycles. The number of amides is 1. The number of carbonyl (C=O) groups is 1. The normalized spacial score (nSPS) is 22.3. The van der Waals surface area contributed by atoms with Gasteiger partial charge in [-0.1, -0.05) is 6.07 Å². The predicted molar refractivity (Wildman–Crippen MR) is 85.2 cm³/mol. The molecule has 2 aliphatic heterocycles. The molecule has 4 rings (SSSR count). The highest BCUT2D eigenvalue weighted by Gasteiger charge is 2.49. The molecule has 1 atom stereocenters. The first kappa shape index (κ1) is 15.3. The number of nitrogens with one attached hydrogen (secondary N) is 1. The van der Waals surface area contributed by atoms with Crippen LogP contribution in [0.4, 0.5) is 0 Å². The molecule has 2 fully saturated rings. The Bertz CT molecular complexity index is 683. The number of hydrogen-bond donors (Lipinski definition) is 1. The number of hydrogen-bond acceptors (Lipinski definition) is 5. The van der Waals surface area contributed by atoms with Gasteiger partial charge in [-0.15, -0.1) is 0 Å². The lowest BCUT2D eigenvalue weighted by Gasteiger charge is -2.52. The van der Waals surface area contributed by atoms with Crippen LogP contribution in [0.25, 0.3) is 0 Å². The molecule has 2 aliphatic rings. The molecule has 0 aliphatic carbocycles. The highest BCUT2D eigenvalue weighted by Crippen LogP contribution is 2.36. The first-order valence-electron chi connectivity index (χ1n) is 8.17. The van der Waals surface area contributed by atoms with Gasteiger partial charge in [-0.05, 0) is 24.1 Å². The minimum atomic E-state index is -0.256. The van der Waals surface area contributed by atoms with E-state index in [0.717, 1.165) is 18.4 Å². The van der Waals surface area contributed by atoms with Crippen LogP contribution in [0.1, 0.15) is 28.9 Å². The van der Waals surface area contributed by atoms with Gasteiger partial charge >= 0.3 is 0 Å². The van der Waals surface area contributed by atoms with E-state index >= 15 is 0 Å². The van der Waals surface area contributed by atoms with Gasteiger partial charge in [0.1, 0.15) is 11.3 Å². The van der Waals surface area contributed by atoms with E-state index in [9.17, 15) is 4.79 Å². The van der Waals surface area contributed by atoms with Crippen molar-refractivity contribution in [3.05, 3.63) is 48.0 Å². The summed E-state index contributed by atoms with van der Waals surface area (Å²) in [6, 6.07) is 5.61. The van der Waals surface area contributed by atoms with Crippen molar-refractivity contribution in [2.45, 2.75) is 31.2 Å². The van der Waals surface area contributed by atoms with Gasteiger partial charge in [0.15, 0.2) is 0 Å². The number of rotatable bonds is 4. The second-order valence-electron chi connectivity index (χ2n) is 6.45. The average molecular weight is 328 g/mol. The Labute approximate surface area is 140 Å². The number of pyridine rings is 1. The van der Waals surface area contributed by atoms with E-state index in [0.29, 0.717) is 32.0 Å². The smallest absolute Gasteiger partial charge is 0.272 e. The van der Waals surface area contributed by atoms with E-state index < -0.39 is 0 Å². The lowest BCUT2D eigenvalue weighted by Crippen LogP contribution is -2.67. The van der Waals surface area contributed by atoms with Crippen molar-refractivity contribution in [1.82, 2.24) is 20.1 Å². The Morgan fingerprint density at radius 2 is 2.33 bits per heavy atom. The standard InChI is InChI=1S/C17H20N4O3/c22-16(15-3-6-19-20-15)21-11-17(12-21)8-14(4-7-24-17)23-10-13-2-1-5-18-9-13/h1-3,5-6,9,14H,4,7-8,10-12H2,(H,19,20)/t14-/m0/s1. The Kier molecular flexibility index (Phi) is 4.03. The molecule has 2 saturated heterocycles. The van der Waals surface area contributed by atoms with Crippen molar-refractivity contribution in [2.24, 2.45) is 0 Å². The van der Waals surface area contributed by atoms with Crippen LogP contribution < -0.4 is 0 Å². The summed E-state index contributed by atoms with van der Waals surface area (Å²) < 4.78 is 12.0. The molecule has 7 nitrogen and oxygen atoms in total. The number of carbonyl (C=O) groups excluding carboxylic acids is 1. The molecule has 0 unspecified atom stereocenters. The van der Waals surface area contributed by atoms with E-state index in [2.05, 4.69) is 15.2 Å². The molecule has 1 N–H and O–H groups in total. The molecule has 126 valence electrons. The van der Waals surface area contributed by atoms with Gasteiger partial charge < -0.3 is 14.4 Å². The molecule has 1 amide bonds. The number of aromatic amines is 1. The Hall–Kier alpha value is -2.25. The van der Waals surface area contributed by atoms with Gasteiger partial charge in [0.25, 0.3) is 5.91 Å². The van der Waals surface area contributed by atoms with Crippen molar-refractivity contribution < 1.29 is 14.3 Å². The summed E-state index contributed by atoms with van der Waals surface area (Å²) >= 11 is 0. The molecular weight excluding hydrogens is 308 g/mol. The number of nitrogens with zero attached hydrogens (tertiary/aromatic N) is 3. The molecule has 24 heavy (non-hydrogen) atoms. The van der Waals surface area contributed by atoms with Crippen LogP contribution in [0.3, 0.4) is 0 Å². The van der Waals surface area contributed by atoms with E-state index in [1.54, 1.807) is 23.4 Å². The van der Waals surface area contributed by atoms with E-state index in [-0.39, 0.29) is 17.6 Å². The van der Waals surface area contributed by atoms with E-state index in [1.165, 1.54) is 0 Å². The summed E-state index contributed by atoms with van der Waals surface area (Å²) in [5.74, 6) is -0.0277. The van der Waals surface area contributed by atoms with Crippen LogP contribution in [-0.4, -0.2) is 57.4 Å². The number of ether oxygens (including phenoxy) is 2. The van der Waals surface area contributed by atoms with Crippen molar-refractivity contribution in [1.29, 1.82) is 0 Å². The minimum Gasteiger partial charge on any atom is -0.373 e. The molecule has 1 spiro atoms. The Morgan fingerprint density at radius 1 is 1.42 bits per heavy atom. The van der Waals surface area contributed by atoms with Gasteiger partial charge in [0, 0.05) is 31.6 Å². The third kappa shape index (κ3) is 3.05. The zero-order chi connectivity index (χ0) is 16.4. The van der Waals surface area contributed by atoms with Crippen molar-refractivity contribution in [2.75, 3.05) is 19.7 Å². The minimum absolute atomic E-state index is 0.0277. The largest absolute Gasteiger partial charge is 0.373 e. The maximum atomic E-state index is 12.3. The third-order valence-corrected chi connectivity index (χ3v) is 4.63. The van der Waals surface area contributed by atoms with Crippen molar-refractivity contribution >= 4 is 5.91 Å². The highest BCUT2D eigenvalue weighted by molar-refractivity contribution is 5.92. The highest BCUT2D eigenvalue weighted by atomic mass is 16.5. The van der Waals surface area contributed by atoms with Crippen molar-refractivity contribution in [3.63, 3.8) is 0 Å². The van der Waals surface area contributed by atoms with Gasteiger partial charge in [-0.2, -0.15) is 5.10 Å². The van der Waals surface area contributed by atoms with Gasteiger partial charge in [-0.3, -0.25) is 14.9 Å². The maximum absolute atomic E-state index is 12.3.